The Labute approximate surface area is 372 Å². The number of ether oxygens (including phenoxy) is 2. The lowest BCUT2D eigenvalue weighted by Crippen LogP contribution is -2.37. The molecule has 2 atom stereocenters. The first-order valence-corrected chi connectivity index (χ1v) is 25.2. The Morgan fingerprint density at radius 2 is 0.984 bits per heavy atom. The van der Waals surface area contributed by atoms with E-state index in [1.54, 1.807) is 0 Å². The van der Waals surface area contributed by atoms with Crippen molar-refractivity contribution < 1.29 is 47.2 Å². The van der Waals surface area contributed by atoms with E-state index in [0.717, 1.165) is 83.5 Å². The number of allylic oxidation sites excluding steroid dienone is 12. The standard InChI is InChI=1S/C50H88NO9P/c1-5-6-7-8-9-10-11-12-13-14-15-17-21-24-27-30-33-36-39-42-50(54)60-48(47-59-61(55,56)58-45-43-51(2,3)4)46-57-49(53)41-38-35-32-29-26-23-20-18-16-19-22-25-28-31-34-37-40-44-52/h9-10,12-13,16,19-20,23,25,28-29,32,48,52H,5-8,11,14-15,17-18,21-22,24,26-27,30-31,33-47H2,1-4H3/b10-9-,13-12-,19-16-,23-20-,28-25-,32-29-/t48-/m1/s1. The average Bonchev–Trinajstić information content (AvgIpc) is 3.21. The number of hydrogen-bond donors (Lipinski definition) is 1. The number of hydrogen-bond acceptors (Lipinski definition) is 9. The Balaban J connectivity index is 4.41. The van der Waals surface area contributed by atoms with Gasteiger partial charge in [0.05, 0.1) is 27.7 Å². The Morgan fingerprint density at radius 3 is 1.48 bits per heavy atom. The lowest BCUT2D eigenvalue weighted by molar-refractivity contribution is -0.870. The molecule has 0 bridgehead atoms. The smallest absolute Gasteiger partial charge is 0.306 e. The monoisotopic (exact) mass is 878 g/mol. The average molecular weight is 878 g/mol. The molecule has 0 heterocycles. The number of rotatable bonds is 43. The van der Waals surface area contributed by atoms with Gasteiger partial charge in [-0.3, -0.25) is 14.2 Å². The van der Waals surface area contributed by atoms with Gasteiger partial charge in [0, 0.05) is 19.4 Å². The predicted octanol–water partition coefficient (Wildman–Crippen LogP) is 12.1. The van der Waals surface area contributed by atoms with Gasteiger partial charge >= 0.3 is 11.9 Å². The summed E-state index contributed by atoms with van der Waals surface area (Å²) < 4.78 is 33.9. The van der Waals surface area contributed by atoms with Gasteiger partial charge in [0.1, 0.15) is 19.8 Å². The highest BCUT2D eigenvalue weighted by molar-refractivity contribution is 7.45. The van der Waals surface area contributed by atoms with Crippen molar-refractivity contribution in [1.29, 1.82) is 0 Å². The molecule has 0 radical (unpaired) electrons. The van der Waals surface area contributed by atoms with Gasteiger partial charge < -0.3 is 33.0 Å². The van der Waals surface area contributed by atoms with E-state index in [0.29, 0.717) is 23.9 Å². The van der Waals surface area contributed by atoms with Gasteiger partial charge in [-0.05, 0) is 89.9 Å². The number of nitrogens with zero attached hydrogens (tertiary/aromatic N) is 1. The van der Waals surface area contributed by atoms with Crippen LogP contribution in [0.2, 0.25) is 0 Å². The number of esters is 2. The van der Waals surface area contributed by atoms with Gasteiger partial charge in [-0.15, -0.1) is 0 Å². The molecule has 0 aromatic carbocycles. The normalized spacial score (nSPS) is 14.1. The highest BCUT2D eigenvalue weighted by atomic mass is 31.2. The zero-order valence-electron chi connectivity index (χ0n) is 39.0. The molecule has 352 valence electrons. The highest BCUT2D eigenvalue weighted by Crippen LogP contribution is 2.38. The van der Waals surface area contributed by atoms with E-state index in [2.05, 4.69) is 73.8 Å². The molecule has 0 aliphatic heterocycles. The van der Waals surface area contributed by atoms with Crippen molar-refractivity contribution in [3.05, 3.63) is 72.9 Å². The molecule has 0 aliphatic carbocycles. The Kier molecular flexibility index (Phi) is 40.9. The zero-order chi connectivity index (χ0) is 45.0. The van der Waals surface area contributed by atoms with Crippen molar-refractivity contribution >= 4 is 19.8 Å². The summed E-state index contributed by atoms with van der Waals surface area (Å²) in [6.45, 7) is 2.13. The molecule has 0 spiro atoms. The van der Waals surface area contributed by atoms with Crippen molar-refractivity contribution in [2.75, 3.05) is 54.1 Å². The molecule has 0 aliphatic rings. The van der Waals surface area contributed by atoms with Crippen molar-refractivity contribution in [3.8, 4) is 0 Å². The minimum atomic E-state index is -4.65. The summed E-state index contributed by atoms with van der Waals surface area (Å²) in [5.74, 6) is -0.923. The number of aliphatic hydroxyl groups excluding tert-OH is 1. The zero-order valence-corrected chi connectivity index (χ0v) is 39.9. The molecule has 0 fully saturated rings. The maximum Gasteiger partial charge on any atom is 0.306 e. The fourth-order valence-corrected chi connectivity index (χ4v) is 6.74. The second-order valence-corrected chi connectivity index (χ2v) is 18.2. The van der Waals surface area contributed by atoms with Crippen LogP contribution in [-0.2, 0) is 32.7 Å². The minimum absolute atomic E-state index is 0.0480. The Bertz CT molecular complexity index is 1270. The van der Waals surface area contributed by atoms with E-state index in [9.17, 15) is 19.0 Å². The van der Waals surface area contributed by atoms with E-state index in [1.807, 2.05) is 27.2 Å². The van der Waals surface area contributed by atoms with E-state index in [-0.39, 0.29) is 32.7 Å². The van der Waals surface area contributed by atoms with Crippen LogP contribution in [0.25, 0.3) is 0 Å². The van der Waals surface area contributed by atoms with Crippen LogP contribution < -0.4 is 4.89 Å². The third-order valence-corrected chi connectivity index (χ3v) is 10.7. The summed E-state index contributed by atoms with van der Waals surface area (Å²) in [6.07, 6.45) is 50.9. The third kappa shape index (κ3) is 46.7. The summed E-state index contributed by atoms with van der Waals surface area (Å²) in [5.41, 5.74) is 0. The Morgan fingerprint density at radius 1 is 0.557 bits per heavy atom. The number of carbonyl (C=O) groups is 2. The van der Waals surface area contributed by atoms with Crippen LogP contribution in [0, 0.1) is 0 Å². The quantitative estimate of drug-likeness (QED) is 0.0209. The van der Waals surface area contributed by atoms with Crippen LogP contribution >= 0.6 is 7.82 Å². The molecule has 0 saturated carbocycles. The summed E-state index contributed by atoms with van der Waals surface area (Å²) >= 11 is 0. The third-order valence-electron chi connectivity index (χ3n) is 9.75. The molecule has 61 heavy (non-hydrogen) atoms. The Hall–Kier alpha value is -2.59. The van der Waals surface area contributed by atoms with Crippen LogP contribution in [0.1, 0.15) is 174 Å². The van der Waals surface area contributed by atoms with Crippen LogP contribution in [0.15, 0.2) is 72.9 Å². The molecule has 0 aromatic rings. The number of unbranched alkanes of at least 4 members (excludes halogenated alkanes) is 16. The lowest BCUT2D eigenvalue weighted by Gasteiger charge is -2.28. The number of phosphoric ester groups is 1. The summed E-state index contributed by atoms with van der Waals surface area (Å²) in [5, 5.41) is 8.80. The predicted molar refractivity (Wildman–Crippen MR) is 251 cm³/mol. The van der Waals surface area contributed by atoms with Crippen molar-refractivity contribution in [3.63, 3.8) is 0 Å². The first kappa shape index (κ1) is 58.4. The molecule has 0 aromatic heterocycles. The van der Waals surface area contributed by atoms with E-state index >= 15 is 0 Å². The number of quaternary nitrogens is 1. The minimum Gasteiger partial charge on any atom is -0.756 e. The molecule has 0 amide bonds. The maximum atomic E-state index is 12.7. The second-order valence-electron chi connectivity index (χ2n) is 16.8. The van der Waals surface area contributed by atoms with Crippen molar-refractivity contribution in [1.82, 2.24) is 0 Å². The first-order valence-electron chi connectivity index (χ1n) is 23.8. The SMILES string of the molecule is CCCCC/C=C\C/C=C\CCCCCCCCCCCC(=O)O[C@H](COC(=O)CCC/C=C\C/C=C\C/C=C\C/C=C\CCCCCO)COP(=O)([O-])OCC[N+](C)(C)C. The molecule has 10 nitrogen and oxygen atoms in total. The molecule has 0 saturated heterocycles. The number of phosphoric acid groups is 1. The second kappa shape index (κ2) is 42.7. The number of carbonyl (C=O) groups excluding carboxylic acids is 2. The van der Waals surface area contributed by atoms with Crippen molar-refractivity contribution in [2.45, 2.75) is 180 Å². The number of likely N-dealkylation sites (N-methyl/N-ethyl adjacent to an activating group) is 1. The van der Waals surface area contributed by atoms with E-state index in [1.165, 1.54) is 57.8 Å². The lowest BCUT2D eigenvalue weighted by atomic mass is 10.1. The van der Waals surface area contributed by atoms with E-state index < -0.39 is 32.5 Å². The summed E-state index contributed by atoms with van der Waals surface area (Å²) in [4.78, 5) is 37.6. The van der Waals surface area contributed by atoms with E-state index in [4.69, 9.17) is 23.6 Å². The fraction of sp³-hybridized carbons (Fsp3) is 0.720. The van der Waals surface area contributed by atoms with Crippen molar-refractivity contribution in [2.24, 2.45) is 0 Å². The largest absolute Gasteiger partial charge is 0.756 e. The van der Waals surface area contributed by atoms with Crippen LogP contribution in [0.4, 0.5) is 0 Å². The van der Waals surface area contributed by atoms with Gasteiger partial charge in [0.25, 0.3) is 7.82 Å². The van der Waals surface area contributed by atoms with Crippen LogP contribution in [0.5, 0.6) is 0 Å². The van der Waals surface area contributed by atoms with Gasteiger partial charge in [-0.25, -0.2) is 0 Å². The molecule has 1 N–H and O–H groups in total. The van der Waals surface area contributed by atoms with Gasteiger partial charge in [-0.1, -0.05) is 144 Å². The van der Waals surface area contributed by atoms with Crippen LogP contribution in [0.3, 0.4) is 0 Å². The molecular formula is C50H88NO9P. The first-order chi connectivity index (χ1) is 29.5. The fourth-order valence-electron chi connectivity index (χ4n) is 6.01. The molecular weight excluding hydrogens is 790 g/mol. The van der Waals surface area contributed by atoms with Crippen LogP contribution in [-0.4, -0.2) is 81.7 Å². The summed E-state index contributed by atoms with van der Waals surface area (Å²) in [7, 11) is 1.11. The van der Waals surface area contributed by atoms with Gasteiger partial charge in [0.15, 0.2) is 6.10 Å². The van der Waals surface area contributed by atoms with Gasteiger partial charge in [0.2, 0.25) is 0 Å². The topological polar surface area (TPSA) is 131 Å². The maximum absolute atomic E-state index is 12.7. The molecule has 0 rings (SSSR count). The molecule has 11 heteroatoms. The number of aliphatic hydroxyl groups is 1. The highest BCUT2D eigenvalue weighted by Gasteiger charge is 2.21. The summed E-state index contributed by atoms with van der Waals surface area (Å²) in [6, 6.07) is 0. The molecule has 1 unspecified atom stereocenters. The van der Waals surface area contributed by atoms with Gasteiger partial charge in [-0.2, -0.15) is 0 Å².